The number of alkyl carbamates (subject to hydrolysis) is 1. The van der Waals surface area contributed by atoms with Crippen molar-refractivity contribution in [3.05, 3.63) is 12.2 Å². The lowest BCUT2D eigenvalue weighted by molar-refractivity contribution is -0.226. The number of hydrogen-bond donors (Lipinski definition) is 1. The van der Waals surface area contributed by atoms with Crippen LogP contribution < -0.4 is 5.32 Å². The highest BCUT2D eigenvalue weighted by molar-refractivity contribution is 8.08. The topological polar surface area (TPSA) is 133 Å². The Bertz CT molecular complexity index is 808. The minimum atomic E-state index is -5.12. The molecule has 1 N–H and O–H groups in total. The number of esters is 1. The van der Waals surface area contributed by atoms with E-state index in [2.05, 4.69) is 16.1 Å². The van der Waals surface area contributed by atoms with Gasteiger partial charge in [0, 0.05) is 24.5 Å². The fraction of sp³-hybridized carbons (Fsp3) is 0.714. The molecule has 1 amide bonds. The van der Waals surface area contributed by atoms with E-state index in [9.17, 15) is 44.0 Å². The molecule has 0 atom stereocenters. The van der Waals surface area contributed by atoms with E-state index in [-0.39, 0.29) is 18.7 Å². The van der Waals surface area contributed by atoms with Gasteiger partial charge in [-0.3, -0.25) is 0 Å². The van der Waals surface area contributed by atoms with Crippen LogP contribution in [0.3, 0.4) is 0 Å². The Balaban J connectivity index is 4.88. The molecule has 0 radical (unpaired) electrons. The number of sulfone groups is 2. The fourth-order valence-corrected chi connectivity index (χ4v) is 5.28. The number of alkyl halides is 4. The normalized spacial score (nSPS) is 13.1. The Morgan fingerprint density at radius 1 is 1.00 bits per heavy atom. The fourth-order valence-electron chi connectivity index (χ4n) is 1.71. The van der Waals surface area contributed by atoms with E-state index in [1.807, 2.05) is 5.32 Å². The first-order chi connectivity index (χ1) is 12.8. The molecule has 0 aliphatic carbocycles. The average molecular weight is 471 g/mol. The standard InChI is InChI=1S/C14H21F4NO8S2/c1-9(2)11(20)26-6-5-19-12(21)27-8-14(17,18)13(15,16)7-10(28(3,22)23)29(4,24)25/h10H,1,5-8H2,2-4H3,(H,19,21). The molecule has 0 saturated heterocycles. The SMILES string of the molecule is C=C(C)C(=O)OCCNC(=O)OCC(F)(F)C(F)(F)CC(S(C)(=O)=O)S(C)(=O)=O. The van der Waals surface area contributed by atoms with Gasteiger partial charge in [0.05, 0.1) is 6.54 Å². The second-order valence-electron chi connectivity index (χ2n) is 6.12. The van der Waals surface area contributed by atoms with Crippen LogP contribution in [-0.4, -0.2) is 77.6 Å². The van der Waals surface area contributed by atoms with Gasteiger partial charge in [0.15, 0.2) is 30.9 Å². The number of hydrogen-bond acceptors (Lipinski definition) is 8. The molecule has 15 heteroatoms. The van der Waals surface area contributed by atoms with E-state index in [0.29, 0.717) is 12.5 Å². The summed E-state index contributed by atoms with van der Waals surface area (Å²) in [6.45, 7) is 1.72. The number of carbonyl (C=O) groups excluding carboxylic acids is 2. The molecule has 0 bridgehead atoms. The Morgan fingerprint density at radius 2 is 1.48 bits per heavy atom. The summed E-state index contributed by atoms with van der Waals surface area (Å²) in [5.74, 6) is -11.0. The largest absolute Gasteiger partial charge is 0.460 e. The first kappa shape index (κ1) is 27.1. The molecule has 0 spiro atoms. The van der Waals surface area contributed by atoms with Crippen molar-refractivity contribution in [1.82, 2.24) is 5.32 Å². The van der Waals surface area contributed by atoms with Gasteiger partial charge in [-0.1, -0.05) is 6.58 Å². The summed E-state index contributed by atoms with van der Waals surface area (Å²) in [6, 6.07) is 0. The quantitative estimate of drug-likeness (QED) is 0.203. The van der Waals surface area contributed by atoms with Crippen LogP contribution in [0.5, 0.6) is 0 Å². The third kappa shape index (κ3) is 8.97. The molecule has 0 aliphatic rings. The van der Waals surface area contributed by atoms with Crippen LogP contribution in [0.15, 0.2) is 12.2 Å². The number of amides is 1. The molecule has 0 unspecified atom stereocenters. The molecule has 170 valence electrons. The Morgan fingerprint density at radius 3 is 1.90 bits per heavy atom. The number of rotatable bonds is 11. The molecule has 29 heavy (non-hydrogen) atoms. The van der Waals surface area contributed by atoms with E-state index in [1.165, 1.54) is 6.92 Å². The number of ether oxygens (including phenoxy) is 2. The second kappa shape index (κ2) is 9.73. The highest BCUT2D eigenvalue weighted by Crippen LogP contribution is 2.40. The van der Waals surface area contributed by atoms with Gasteiger partial charge in [0.1, 0.15) is 6.61 Å². The van der Waals surface area contributed by atoms with Crippen molar-refractivity contribution in [1.29, 1.82) is 0 Å². The van der Waals surface area contributed by atoms with E-state index in [1.54, 1.807) is 0 Å². The third-order valence-electron chi connectivity index (χ3n) is 3.25. The van der Waals surface area contributed by atoms with Crippen LogP contribution in [0.2, 0.25) is 0 Å². The molecular weight excluding hydrogens is 450 g/mol. The lowest BCUT2D eigenvalue weighted by Crippen LogP contribution is -2.49. The smallest absolute Gasteiger partial charge is 0.407 e. The van der Waals surface area contributed by atoms with Gasteiger partial charge in [-0.2, -0.15) is 17.6 Å². The molecule has 0 aromatic carbocycles. The van der Waals surface area contributed by atoms with E-state index < -0.39 is 61.2 Å². The summed E-state index contributed by atoms with van der Waals surface area (Å²) in [5.41, 5.74) is 0.0657. The van der Waals surface area contributed by atoms with Gasteiger partial charge in [-0.15, -0.1) is 0 Å². The van der Waals surface area contributed by atoms with Crippen molar-refractivity contribution in [2.24, 2.45) is 0 Å². The highest BCUT2D eigenvalue weighted by Gasteiger charge is 2.60. The maximum atomic E-state index is 13.9. The minimum Gasteiger partial charge on any atom is -0.460 e. The average Bonchev–Trinajstić information content (AvgIpc) is 2.52. The predicted molar refractivity (Wildman–Crippen MR) is 93.1 cm³/mol. The van der Waals surface area contributed by atoms with Crippen molar-refractivity contribution >= 4 is 31.7 Å². The highest BCUT2D eigenvalue weighted by atomic mass is 32.3. The van der Waals surface area contributed by atoms with Gasteiger partial charge >= 0.3 is 23.9 Å². The van der Waals surface area contributed by atoms with Crippen molar-refractivity contribution in [2.75, 3.05) is 32.3 Å². The molecule has 9 nitrogen and oxygen atoms in total. The van der Waals surface area contributed by atoms with Crippen LogP contribution in [0, 0.1) is 0 Å². The van der Waals surface area contributed by atoms with Gasteiger partial charge < -0.3 is 14.8 Å². The number of nitrogens with one attached hydrogen (secondary N) is 1. The van der Waals surface area contributed by atoms with Crippen molar-refractivity contribution in [3.8, 4) is 0 Å². The third-order valence-corrected chi connectivity index (χ3v) is 7.59. The van der Waals surface area contributed by atoms with E-state index in [4.69, 9.17) is 0 Å². The van der Waals surface area contributed by atoms with Crippen LogP contribution in [0.4, 0.5) is 22.4 Å². The first-order valence-electron chi connectivity index (χ1n) is 7.68. The zero-order valence-corrected chi connectivity index (χ0v) is 17.3. The Hall–Kier alpha value is -1.90. The monoisotopic (exact) mass is 471 g/mol. The first-order valence-corrected chi connectivity index (χ1v) is 11.6. The van der Waals surface area contributed by atoms with Crippen LogP contribution >= 0.6 is 0 Å². The van der Waals surface area contributed by atoms with Gasteiger partial charge in [-0.05, 0) is 6.92 Å². The summed E-state index contributed by atoms with van der Waals surface area (Å²) in [6.07, 6.45) is -3.14. The number of halogens is 4. The molecule has 0 rings (SSSR count). The summed E-state index contributed by atoms with van der Waals surface area (Å²) in [5, 5.41) is 1.85. The Kier molecular flexibility index (Phi) is 9.10. The van der Waals surface area contributed by atoms with E-state index >= 15 is 0 Å². The van der Waals surface area contributed by atoms with E-state index in [0.717, 1.165) is 0 Å². The molecule has 0 aromatic rings. The zero-order chi connectivity index (χ0) is 23.3. The predicted octanol–water partition coefficient (Wildman–Crippen LogP) is 0.908. The summed E-state index contributed by atoms with van der Waals surface area (Å²) in [7, 11) is -9.29. The molecule has 0 aromatic heterocycles. The molecule has 0 heterocycles. The maximum Gasteiger partial charge on any atom is 0.407 e. The lowest BCUT2D eigenvalue weighted by atomic mass is 10.1. The summed E-state index contributed by atoms with van der Waals surface area (Å²) >= 11 is 0. The van der Waals surface area contributed by atoms with Crippen LogP contribution in [-0.2, 0) is 33.9 Å². The summed E-state index contributed by atoms with van der Waals surface area (Å²) in [4.78, 5) is 22.3. The number of carbonyl (C=O) groups is 2. The Labute approximate surface area is 165 Å². The molecule has 0 fully saturated rings. The van der Waals surface area contributed by atoms with Crippen molar-refractivity contribution in [2.45, 2.75) is 29.8 Å². The maximum absolute atomic E-state index is 13.9. The molecular formula is C14H21F4NO8S2. The van der Waals surface area contributed by atoms with Crippen molar-refractivity contribution < 1.29 is 53.5 Å². The minimum absolute atomic E-state index is 0.0657. The van der Waals surface area contributed by atoms with Crippen LogP contribution in [0.1, 0.15) is 13.3 Å². The van der Waals surface area contributed by atoms with Crippen molar-refractivity contribution in [3.63, 3.8) is 0 Å². The second-order valence-corrected chi connectivity index (χ2v) is 10.9. The molecule has 0 saturated carbocycles. The molecule has 0 aliphatic heterocycles. The summed E-state index contributed by atoms with van der Waals surface area (Å²) < 4.78 is 107. The van der Waals surface area contributed by atoms with Gasteiger partial charge in [-0.25, -0.2) is 26.4 Å². The zero-order valence-electron chi connectivity index (χ0n) is 15.7. The van der Waals surface area contributed by atoms with Crippen LogP contribution in [0.25, 0.3) is 0 Å². The lowest BCUT2D eigenvalue weighted by Gasteiger charge is -2.28. The van der Waals surface area contributed by atoms with Gasteiger partial charge in [0.2, 0.25) is 0 Å². The van der Waals surface area contributed by atoms with Gasteiger partial charge in [0.25, 0.3) is 0 Å².